The molecule has 0 radical (unpaired) electrons. The van der Waals surface area contributed by atoms with E-state index in [1.807, 2.05) is 19.3 Å². The predicted octanol–water partition coefficient (Wildman–Crippen LogP) is 1.84. The van der Waals surface area contributed by atoms with Crippen LogP contribution in [0.4, 0.5) is 5.82 Å². The summed E-state index contributed by atoms with van der Waals surface area (Å²) >= 11 is 0. The molecule has 0 aromatic carbocycles. The highest BCUT2D eigenvalue weighted by atomic mass is 32.2. The Morgan fingerprint density at radius 3 is 2.73 bits per heavy atom. The minimum atomic E-state index is -3.87. The van der Waals surface area contributed by atoms with Gasteiger partial charge in [0.1, 0.15) is 17.8 Å². The Kier molecular flexibility index (Phi) is 4.05. The number of H-pyrrole nitrogens is 1. The van der Waals surface area contributed by atoms with Gasteiger partial charge in [-0.2, -0.15) is 8.42 Å². The van der Waals surface area contributed by atoms with E-state index in [1.54, 1.807) is 6.33 Å². The quantitative estimate of drug-likeness (QED) is 0.833. The summed E-state index contributed by atoms with van der Waals surface area (Å²) in [5.41, 5.74) is 0.817. The lowest BCUT2D eigenvalue weighted by Crippen LogP contribution is -2.37. The van der Waals surface area contributed by atoms with E-state index in [0.717, 1.165) is 42.5 Å². The van der Waals surface area contributed by atoms with Crippen molar-refractivity contribution in [2.24, 2.45) is 5.92 Å². The summed E-state index contributed by atoms with van der Waals surface area (Å²) in [5.74, 6) is 0.820. The first-order chi connectivity index (χ1) is 10.4. The highest BCUT2D eigenvalue weighted by Gasteiger charge is 2.28. The van der Waals surface area contributed by atoms with Crippen molar-refractivity contribution in [3.8, 4) is 0 Å². The monoisotopic (exact) mass is 324 g/mol. The Morgan fingerprint density at radius 2 is 2.05 bits per heavy atom. The summed E-state index contributed by atoms with van der Waals surface area (Å²) in [4.78, 5) is 13.8. The van der Waals surface area contributed by atoms with Crippen LogP contribution in [0.3, 0.4) is 0 Å². The zero-order chi connectivity index (χ0) is 15.7. The van der Waals surface area contributed by atoms with E-state index in [4.69, 9.17) is 4.55 Å². The molecule has 0 aliphatic heterocycles. The number of hydrogen-bond acceptors (Lipinski definition) is 5. The van der Waals surface area contributed by atoms with Crippen molar-refractivity contribution >= 4 is 27.0 Å². The van der Waals surface area contributed by atoms with E-state index in [1.165, 1.54) is 0 Å². The third-order valence-electron chi connectivity index (χ3n) is 4.48. The van der Waals surface area contributed by atoms with Crippen molar-refractivity contribution in [2.75, 3.05) is 17.7 Å². The molecule has 0 unspecified atom stereocenters. The van der Waals surface area contributed by atoms with Crippen LogP contribution >= 0.6 is 0 Å². The zero-order valence-electron chi connectivity index (χ0n) is 12.4. The standard InChI is InChI=1S/C14H20N4O3S/c1-18(14-12-6-7-15-13(12)16-9-17-14)11-4-2-10(3-5-11)8-22(19,20)21/h6-7,9-11H,2-5,8H2,1H3,(H,15,16,17)(H,19,20,21). The van der Waals surface area contributed by atoms with Crippen LogP contribution in [-0.2, 0) is 10.1 Å². The molecule has 7 nitrogen and oxygen atoms in total. The maximum atomic E-state index is 11.0. The molecule has 1 aliphatic carbocycles. The molecule has 0 amide bonds. The molecule has 2 aromatic heterocycles. The summed E-state index contributed by atoms with van der Waals surface area (Å²) in [6, 6.07) is 2.29. The van der Waals surface area contributed by atoms with Gasteiger partial charge in [0.2, 0.25) is 0 Å². The van der Waals surface area contributed by atoms with Crippen LogP contribution in [-0.4, -0.2) is 46.8 Å². The molecule has 2 aromatic rings. The van der Waals surface area contributed by atoms with Gasteiger partial charge in [-0.3, -0.25) is 4.55 Å². The smallest absolute Gasteiger partial charge is 0.265 e. The van der Waals surface area contributed by atoms with Gasteiger partial charge in [0.25, 0.3) is 10.1 Å². The van der Waals surface area contributed by atoms with Crippen LogP contribution in [0.15, 0.2) is 18.6 Å². The van der Waals surface area contributed by atoms with Crippen LogP contribution in [0.2, 0.25) is 0 Å². The highest BCUT2D eigenvalue weighted by molar-refractivity contribution is 7.85. The Morgan fingerprint density at radius 1 is 1.32 bits per heavy atom. The fraction of sp³-hybridized carbons (Fsp3) is 0.571. The zero-order valence-corrected chi connectivity index (χ0v) is 13.3. The highest BCUT2D eigenvalue weighted by Crippen LogP contribution is 2.31. The number of fused-ring (bicyclic) bond motifs is 1. The molecule has 1 aliphatic rings. The minimum Gasteiger partial charge on any atom is -0.356 e. The van der Waals surface area contributed by atoms with Crippen molar-refractivity contribution in [3.05, 3.63) is 18.6 Å². The first-order valence-electron chi connectivity index (χ1n) is 7.40. The summed E-state index contributed by atoms with van der Waals surface area (Å²) in [7, 11) is -1.86. The van der Waals surface area contributed by atoms with Crippen molar-refractivity contribution < 1.29 is 13.0 Å². The van der Waals surface area contributed by atoms with Crippen molar-refractivity contribution in [1.29, 1.82) is 0 Å². The second-order valence-electron chi connectivity index (χ2n) is 5.97. The summed E-state index contributed by atoms with van der Waals surface area (Å²) in [6.07, 6.45) is 6.79. The molecular formula is C14H20N4O3S. The molecule has 8 heteroatoms. The van der Waals surface area contributed by atoms with Crippen LogP contribution in [0.1, 0.15) is 25.7 Å². The van der Waals surface area contributed by atoms with Gasteiger partial charge in [0, 0.05) is 19.3 Å². The molecular weight excluding hydrogens is 304 g/mol. The van der Waals surface area contributed by atoms with E-state index in [2.05, 4.69) is 19.9 Å². The Bertz CT molecular complexity index is 750. The second-order valence-corrected chi connectivity index (χ2v) is 7.47. The molecule has 1 fully saturated rings. The van der Waals surface area contributed by atoms with Crippen LogP contribution in [0, 0.1) is 5.92 Å². The molecule has 0 bridgehead atoms. The third kappa shape index (κ3) is 3.22. The predicted molar refractivity (Wildman–Crippen MR) is 84.5 cm³/mol. The Balaban J connectivity index is 1.70. The normalized spacial score (nSPS) is 22.8. The van der Waals surface area contributed by atoms with Gasteiger partial charge in [-0.05, 0) is 37.7 Å². The Hall–Kier alpha value is -1.67. The van der Waals surface area contributed by atoms with Gasteiger partial charge < -0.3 is 9.88 Å². The lowest BCUT2D eigenvalue weighted by Gasteiger charge is -2.35. The minimum absolute atomic E-state index is 0.0531. The summed E-state index contributed by atoms with van der Waals surface area (Å²) < 4.78 is 30.9. The summed E-state index contributed by atoms with van der Waals surface area (Å²) in [6.45, 7) is 0. The maximum Gasteiger partial charge on any atom is 0.265 e. The molecule has 22 heavy (non-hydrogen) atoms. The lowest BCUT2D eigenvalue weighted by atomic mass is 9.86. The van der Waals surface area contributed by atoms with Crippen molar-refractivity contribution in [1.82, 2.24) is 15.0 Å². The average Bonchev–Trinajstić information content (AvgIpc) is 2.94. The van der Waals surface area contributed by atoms with E-state index in [0.29, 0.717) is 6.04 Å². The molecule has 2 heterocycles. The molecule has 1 saturated carbocycles. The third-order valence-corrected chi connectivity index (χ3v) is 5.37. The van der Waals surface area contributed by atoms with Gasteiger partial charge in [-0.15, -0.1) is 0 Å². The van der Waals surface area contributed by atoms with Crippen molar-refractivity contribution in [2.45, 2.75) is 31.7 Å². The fourth-order valence-corrected chi connectivity index (χ4v) is 4.24. The van der Waals surface area contributed by atoms with Crippen molar-refractivity contribution in [3.63, 3.8) is 0 Å². The lowest BCUT2D eigenvalue weighted by molar-refractivity contribution is 0.335. The summed E-state index contributed by atoms with van der Waals surface area (Å²) in [5, 5.41) is 0.991. The number of anilines is 1. The van der Waals surface area contributed by atoms with Crippen LogP contribution in [0.5, 0.6) is 0 Å². The SMILES string of the molecule is CN(c1ncnc2[nH]ccc12)C1CCC(CS(=O)(=O)O)CC1. The number of hydrogen-bond donors (Lipinski definition) is 2. The Labute approximate surface area is 129 Å². The molecule has 120 valence electrons. The maximum absolute atomic E-state index is 11.0. The topological polar surface area (TPSA) is 99.2 Å². The van der Waals surface area contributed by atoms with Gasteiger partial charge in [-0.25, -0.2) is 9.97 Å². The molecule has 0 saturated heterocycles. The first kappa shape index (κ1) is 15.2. The number of aromatic amines is 1. The van der Waals surface area contributed by atoms with E-state index in [-0.39, 0.29) is 11.7 Å². The van der Waals surface area contributed by atoms with E-state index < -0.39 is 10.1 Å². The first-order valence-corrected chi connectivity index (χ1v) is 9.01. The number of nitrogens with zero attached hydrogens (tertiary/aromatic N) is 3. The average molecular weight is 324 g/mol. The number of nitrogens with one attached hydrogen (secondary N) is 1. The van der Waals surface area contributed by atoms with Crippen LogP contribution in [0.25, 0.3) is 11.0 Å². The van der Waals surface area contributed by atoms with E-state index >= 15 is 0 Å². The molecule has 3 rings (SSSR count). The van der Waals surface area contributed by atoms with E-state index in [9.17, 15) is 8.42 Å². The molecule has 0 atom stereocenters. The van der Waals surface area contributed by atoms with Gasteiger partial charge in [0.05, 0.1) is 11.1 Å². The fourth-order valence-electron chi connectivity index (χ4n) is 3.31. The number of rotatable bonds is 4. The van der Waals surface area contributed by atoms with Gasteiger partial charge >= 0.3 is 0 Å². The molecule has 2 N–H and O–H groups in total. The molecule has 0 spiro atoms. The largest absolute Gasteiger partial charge is 0.356 e. The van der Waals surface area contributed by atoms with Gasteiger partial charge in [-0.1, -0.05) is 0 Å². The van der Waals surface area contributed by atoms with Crippen LogP contribution < -0.4 is 4.90 Å². The van der Waals surface area contributed by atoms with Gasteiger partial charge in [0.15, 0.2) is 0 Å². The second kappa shape index (κ2) is 5.85. The number of aromatic nitrogens is 3.